The average Bonchev–Trinajstić information content (AvgIpc) is 2.98. The van der Waals surface area contributed by atoms with E-state index in [1.165, 1.54) is 4.31 Å². The van der Waals surface area contributed by atoms with Crippen molar-refractivity contribution >= 4 is 16.0 Å². The maximum atomic E-state index is 12.7. The molecule has 1 aliphatic heterocycles. The van der Waals surface area contributed by atoms with Gasteiger partial charge in [0.25, 0.3) is 10.2 Å². The third-order valence-corrected chi connectivity index (χ3v) is 5.98. The van der Waals surface area contributed by atoms with Gasteiger partial charge in [-0.05, 0) is 12.8 Å². The Bertz CT molecular complexity index is 574. The van der Waals surface area contributed by atoms with Crippen LogP contribution in [-0.2, 0) is 10.2 Å². The van der Waals surface area contributed by atoms with Crippen LogP contribution in [0.25, 0.3) is 0 Å². The summed E-state index contributed by atoms with van der Waals surface area (Å²) in [6.07, 6.45) is 4.90. The lowest BCUT2D eigenvalue weighted by molar-refractivity contribution is 0.334. The summed E-state index contributed by atoms with van der Waals surface area (Å²) in [4.78, 5) is 8.59. The molecule has 0 aromatic carbocycles. The van der Waals surface area contributed by atoms with E-state index >= 15 is 0 Å². The van der Waals surface area contributed by atoms with Gasteiger partial charge in [0, 0.05) is 26.7 Å². The first-order valence-electron chi connectivity index (χ1n) is 7.31. The highest BCUT2D eigenvalue weighted by atomic mass is 32.2. The van der Waals surface area contributed by atoms with Gasteiger partial charge in [-0.1, -0.05) is 13.8 Å². The number of anilines is 1. The second-order valence-corrected chi connectivity index (χ2v) is 6.82. The van der Waals surface area contributed by atoms with Gasteiger partial charge in [0.1, 0.15) is 5.82 Å². The predicted molar refractivity (Wildman–Crippen MR) is 82.1 cm³/mol. The Labute approximate surface area is 126 Å². The standard InChI is InChI=1S/C13H23N5O2S/c1-4-17(5-2)21(19,20)18-8-6-7-12(18)11-9-15-10-13(14-3)16-11/h9-10,12H,4-8H2,1-3H3,(H,14,16)/t12-/m0/s1. The third-order valence-electron chi connectivity index (χ3n) is 3.78. The van der Waals surface area contributed by atoms with E-state index in [0.717, 1.165) is 12.8 Å². The molecule has 7 nitrogen and oxygen atoms in total. The van der Waals surface area contributed by atoms with Gasteiger partial charge in [0.05, 0.1) is 24.1 Å². The van der Waals surface area contributed by atoms with Crippen molar-refractivity contribution < 1.29 is 8.42 Å². The second kappa shape index (κ2) is 6.67. The van der Waals surface area contributed by atoms with Crippen LogP contribution in [0.3, 0.4) is 0 Å². The molecule has 1 fully saturated rings. The molecule has 0 aliphatic carbocycles. The largest absolute Gasteiger partial charge is 0.372 e. The van der Waals surface area contributed by atoms with Crippen molar-refractivity contribution in [2.75, 3.05) is 32.0 Å². The zero-order valence-electron chi connectivity index (χ0n) is 12.8. The number of aromatic nitrogens is 2. The number of rotatable bonds is 6. The van der Waals surface area contributed by atoms with Crippen molar-refractivity contribution in [1.29, 1.82) is 0 Å². The molecule has 0 bridgehead atoms. The molecule has 2 heterocycles. The molecule has 1 aromatic rings. The lowest BCUT2D eigenvalue weighted by atomic mass is 10.2. The first kappa shape index (κ1) is 16.1. The molecule has 0 unspecified atom stereocenters. The quantitative estimate of drug-likeness (QED) is 0.855. The number of hydrogen-bond acceptors (Lipinski definition) is 5. The van der Waals surface area contributed by atoms with Gasteiger partial charge in [-0.2, -0.15) is 17.0 Å². The zero-order chi connectivity index (χ0) is 15.5. The summed E-state index contributed by atoms with van der Waals surface area (Å²) in [6.45, 7) is 5.20. The molecule has 1 N–H and O–H groups in total. The SMILES string of the molecule is CCN(CC)S(=O)(=O)N1CCC[C@H]1c1cncc(NC)n1. The summed E-state index contributed by atoms with van der Waals surface area (Å²) in [5.74, 6) is 0.652. The fourth-order valence-corrected chi connectivity index (χ4v) is 4.52. The summed E-state index contributed by atoms with van der Waals surface area (Å²) < 4.78 is 28.5. The third kappa shape index (κ3) is 3.17. The highest BCUT2D eigenvalue weighted by Gasteiger charge is 2.38. The fraction of sp³-hybridized carbons (Fsp3) is 0.692. The highest BCUT2D eigenvalue weighted by Crippen LogP contribution is 2.34. The summed E-state index contributed by atoms with van der Waals surface area (Å²) in [5.41, 5.74) is 0.704. The van der Waals surface area contributed by atoms with Gasteiger partial charge in [-0.15, -0.1) is 0 Å². The van der Waals surface area contributed by atoms with E-state index < -0.39 is 10.2 Å². The van der Waals surface area contributed by atoms with E-state index in [2.05, 4.69) is 15.3 Å². The van der Waals surface area contributed by atoms with Crippen molar-refractivity contribution in [2.24, 2.45) is 0 Å². The summed E-state index contributed by atoms with van der Waals surface area (Å²) in [7, 11) is -1.67. The van der Waals surface area contributed by atoms with E-state index in [0.29, 0.717) is 31.1 Å². The summed E-state index contributed by atoms with van der Waals surface area (Å²) in [6, 6.07) is -0.226. The first-order valence-corrected chi connectivity index (χ1v) is 8.70. The molecule has 8 heteroatoms. The molecule has 0 saturated carbocycles. The number of nitrogens with one attached hydrogen (secondary N) is 1. The van der Waals surface area contributed by atoms with Crippen molar-refractivity contribution in [3.8, 4) is 0 Å². The fourth-order valence-electron chi connectivity index (χ4n) is 2.67. The van der Waals surface area contributed by atoms with Crippen LogP contribution < -0.4 is 5.32 Å². The number of nitrogens with zero attached hydrogens (tertiary/aromatic N) is 4. The Balaban J connectivity index is 2.32. The molecule has 1 aliphatic rings. The van der Waals surface area contributed by atoms with E-state index in [1.807, 2.05) is 13.8 Å². The molecule has 1 saturated heterocycles. The Kier molecular flexibility index (Phi) is 5.13. The van der Waals surface area contributed by atoms with Crippen LogP contribution in [-0.4, -0.2) is 53.7 Å². The van der Waals surface area contributed by atoms with Crippen LogP contribution in [0.1, 0.15) is 38.4 Å². The van der Waals surface area contributed by atoms with Gasteiger partial charge in [0.15, 0.2) is 0 Å². The van der Waals surface area contributed by atoms with Crippen LogP contribution >= 0.6 is 0 Å². The monoisotopic (exact) mass is 313 g/mol. The van der Waals surface area contributed by atoms with Crippen molar-refractivity contribution in [3.63, 3.8) is 0 Å². The molecular weight excluding hydrogens is 290 g/mol. The normalized spacial score (nSPS) is 20.1. The lowest BCUT2D eigenvalue weighted by Gasteiger charge is -2.29. The van der Waals surface area contributed by atoms with Gasteiger partial charge < -0.3 is 5.32 Å². The van der Waals surface area contributed by atoms with E-state index in [4.69, 9.17) is 0 Å². The molecular formula is C13H23N5O2S. The highest BCUT2D eigenvalue weighted by molar-refractivity contribution is 7.86. The van der Waals surface area contributed by atoms with Crippen molar-refractivity contribution in [2.45, 2.75) is 32.7 Å². The van der Waals surface area contributed by atoms with Gasteiger partial charge >= 0.3 is 0 Å². The zero-order valence-corrected chi connectivity index (χ0v) is 13.6. The van der Waals surface area contributed by atoms with Crippen molar-refractivity contribution in [3.05, 3.63) is 18.1 Å². The van der Waals surface area contributed by atoms with Crippen molar-refractivity contribution in [1.82, 2.24) is 18.6 Å². The minimum absolute atomic E-state index is 0.226. The van der Waals surface area contributed by atoms with Crippen LogP contribution in [0.2, 0.25) is 0 Å². The molecule has 118 valence electrons. The van der Waals surface area contributed by atoms with E-state index in [9.17, 15) is 8.42 Å². The van der Waals surface area contributed by atoms with Gasteiger partial charge in [0.2, 0.25) is 0 Å². The van der Waals surface area contributed by atoms with E-state index in [1.54, 1.807) is 23.7 Å². The lowest BCUT2D eigenvalue weighted by Crippen LogP contribution is -2.43. The van der Waals surface area contributed by atoms with Gasteiger partial charge in [-0.3, -0.25) is 4.98 Å². The van der Waals surface area contributed by atoms with E-state index in [-0.39, 0.29) is 6.04 Å². The average molecular weight is 313 g/mol. The molecule has 0 spiro atoms. The minimum Gasteiger partial charge on any atom is -0.372 e. The Morgan fingerprint density at radius 2 is 2.10 bits per heavy atom. The smallest absolute Gasteiger partial charge is 0.282 e. The Morgan fingerprint density at radius 3 is 2.71 bits per heavy atom. The van der Waals surface area contributed by atoms with Crippen LogP contribution in [0.5, 0.6) is 0 Å². The first-order chi connectivity index (χ1) is 10.0. The molecule has 21 heavy (non-hydrogen) atoms. The minimum atomic E-state index is -3.44. The predicted octanol–water partition coefficient (Wildman–Crippen LogP) is 1.24. The Hall–Kier alpha value is -1.25. The summed E-state index contributed by atoms with van der Waals surface area (Å²) in [5, 5.41) is 2.94. The summed E-state index contributed by atoms with van der Waals surface area (Å²) >= 11 is 0. The van der Waals surface area contributed by atoms with Crippen LogP contribution in [0.15, 0.2) is 12.4 Å². The number of hydrogen-bond donors (Lipinski definition) is 1. The molecule has 1 aromatic heterocycles. The van der Waals surface area contributed by atoms with Crippen LogP contribution in [0.4, 0.5) is 5.82 Å². The topological polar surface area (TPSA) is 78.4 Å². The maximum absolute atomic E-state index is 12.7. The molecule has 0 amide bonds. The molecule has 2 rings (SSSR count). The van der Waals surface area contributed by atoms with Crippen LogP contribution in [0, 0.1) is 0 Å². The molecule has 1 atom stereocenters. The second-order valence-electron chi connectivity index (χ2n) is 4.94. The maximum Gasteiger partial charge on any atom is 0.282 e. The molecule has 0 radical (unpaired) electrons. The van der Waals surface area contributed by atoms with Gasteiger partial charge in [-0.25, -0.2) is 4.98 Å². The Morgan fingerprint density at radius 1 is 1.38 bits per heavy atom.